The molecular weight excluding hydrogens is 262 g/mol. The molecule has 0 aromatic heterocycles. The standard InChI is InChI=1S/C17H33N3O/c1-13(2)9-12-20(15-7-8-15)11-4-10-17(3,16(18)21)19-14-5-6-14/h13-15,19H,4-12H2,1-3H3,(H2,18,21). The first kappa shape index (κ1) is 16.8. The SMILES string of the molecule is CC(C)CCN(CCCC(C)(NC1CC1)C(N)=O)C1CC1. The van der Waals surface area contributed by atoms with Gasteiger partial charge < -0.3 is 16.0 Å². The molecule has 1 amide bonds. The predicted molar refractivity (Wildman–Crippen MR) is 87.0 cm³/mol. The van der Waals surface area contributed by atoms with Crippen LogP contribution in [-0.4, -0.2) is 41.5 Å². The van der Waals surface area contributed by atoms with Crippen LogP contribution in [0.25, 0.3) is 0 Å². The second-order valence-corrected chi connectivity index (χ2v) is 7.67. The Balaban J connectivity index is 1.75. The zero-order chi connectivity index (χ0) is 15.5. The zero-order valence-corrected chi connectivity index (χ0v) is 14.0. The zero-order valence-electron chi connectivity index (χ0n) is 14.0. The van der Waals surface area contributed by atoms with Crippen LogP contribution < -0.4 is 11.1 Å². The summed E-state index contributed by atoms with van der Waals surface area (Å²) >= 11 is 0. The molecule has 1 unspecified atom stereocenters. The molecule has 0 aromatic rings. The monoisotopic (exact) mass is 295 g/mol. The number of nitrogens with zero attached hydrogens (tertiary/aromatic N) is 1. The first-order chi connectivity index (χ1) is 9.90. The van der Waals surface area contributed by atoms with E-state index in [1.54, 1.807) is 0 Å². The minimum Gasteiger partial charge on any atom is -0.368 e. The van der Waals surface area contributed by atoms with Gasteiger partial charge in [-0.2, -0.15) is 0 Å². The first-order valence-corrected chi connectivity index (χ1v) is 8.72. The van der Waals surface area contributed by atoms with E-state index in [0.29, 0.717) is 6.04 Å². The van der Waals surface area contributed by atoms with Crippen molar-refractivity contribution >= 4 is 5.91 Å². The van der Waals surface area contributed by atoms with Gasteiger partial charge in [-0.25, -0.2) is 0 Å². The molecule has 0 aromatic carbocycles. The smallest absolute Gasteiger partial charge is 0.237 e. The van der Waals surface area contributed by atoms with Crippen LogP contribution in [-0.2, 0) is 4.79 Å². The summed E-state index contributed by atoms with van der Waals surface area (Å²) in [5.74, 6) is 0.563. The third-order valence-corrected chi connectivity index (χ3v) is 4.82. The van der Waals surface area contributed by atoms with Crippen molar-refractivity contribution in [1.29, 1.82) is 0 Å². The van der Waals surface area contributed by atoms with E-state index in [-0.39, 0.29) is 5.91 Å². The number of carbonyl (C=O) groups is 1. The Morgan fingerprint density at radius 2 is 1.95 bits per heavy atom. The van der Waals surface area contributed by atoms with Crippen molar-refractivity contribution in [3.63, 3.8) is 0 Å². The lowest BCUT2D eigenvalue weighted by atomic mass is 9.94. The largest absolute Gasteiger partial charge is 0.368 e. The quantitative estimate of drug-likeness (QED) is 0.615. The maximum absolute atomic E-state index is 11.8. The van der Waals surface area contributed by atoms with E-state index in [4.69, 9.17) is 5.73 Å². The Bertz CT molecular complexity index is 350. The highest BCUT2D eigenvalue weighted by Gasteiger charge is 2.37. The molecule has 4 nitrogen and oxygen atoms in total. The number of nitrogens with two attached hydrogens (primary N) is 1. The number of rotatable bonds is 11. The summed E-state index contributed by atoms with van der Waals surface area (Å²) in [6.07, 6.45) is 8.25. The van der Waals surface area contributed by atoms with Gasteiger partial charge in [0.15, 0.2) is 0 Å². The number of primary amides is 1. The van der Waals surface area contributed by atoms with E-state index in [9.17, 15) is 4.79 Å². The van der Waals surface area contributed by atoms with Gasteiger partial charge in [0.25, 0.3) is 0 Å². The summed E-state index contributed by atoms with van der Waals surface area (Å²) in [7, 11) is 0. The number of amides is 1. The fourth-order valence-corrected chi connectivity index (χ4v) is 2.92. The van der Waals surface area contributed by atoms with Gasteiger partial charge in [-0.05, 0) is 70.9 Å². The third-order valence-electron chi connectivity index (χ3n) is 4.82. The average Bonchev–Trinajstić information content (AvgIpc) is 3.25. The van der Waals surface area contributed by atoms with Crippen molar-refractivity contribution in [2.45, 2.75) is 83.3 Å². The molecule has 122 valence electrons. The van der Waals surface area contributed by atoms with Crippen LogP contribution >= 0.6 is 0 Å². The van der Waals surface area contributed by atoms with Gasteiger partial charge in [-0.15, -0.1) is 0 Å². The second-order valence-electron chi connectivity index (χ2n) is 7.67. The molecule has 3 N–H and O–H groups in total. The molecule has 2 fully saturated rings. The van der Waals surface area contributed by atoms with E-state index in [0.717, 1.165) is 31.3 Å². The highest BCUT2D eigenvalue weighted by Crippen LogP contribution is 2.29. The highest BCUT2D eigenvalue weighted by atomic mass is 16.1. The number of hydrogen-bond donors (Lipinski definition) is 2. The van der Waals surface area contributed by atoms with E-state index < -0.39 is 5.54 Å². The van der Waals surface area contributed by atoms with Gasteiger partial charge in [-0.3, -0.25) is 4.79 Å². The summed E-state index contributed by atoms with van der Waals surface area (Å²) in [4.78, 5) is 14.4. The van der Waals surface area contributed by atoms with Crippen LogP contribution in [0.1, 0.15) is 65.7 Å². The lowest BCUT2D eigenvalue weighted by Gasteiger charge is -2.29. The van der Waals surface area contributed by atoms with Crippen molar-refractivity contribution in [3.8, 4) is 0 Å². The maximum Gasteiger partial charge on any atom is 0.237 e. The molecule has 1 atom stereocenters. The first-order valence-electron chi connectivity index (χ1n) is 8.72. The Hall–Kier alpha value is -0.610. The normalized spacial score (nSPS) is 21.8. The molecule has 2 rings (SSSR count). The summed E-state index contributed by atoms with van der Waals surface area (Å²) < 4.78 is 0. The molecule has 2 aliphatic carbocycles. The maximum atomic E-state index is 11.8. The summed E-state index contributed by atoms with van der Waals surface area (Å²) in [5.41, 5.74) is 5.10. The molecule has 0 heterocycles. The number of carbonyl (C=O) groups excluding carboxylic acids is 1. The molecule has 0 bridgehead atoms. The summed E-state index contributed by atoms with van der Waals surface area (Å²) in [5, 5.41) is 3.44. The van der Waals surface area contributed by atoms with Crippen LogP contribution in [0.2, 0.25) is 0 Å². The van der Waals surface area contributed by atoms with Crippen molar-refractivity contribution in [2.75, 3.05) is 13.1 Å². The van der Waals surface area contributed by atoms with Gasteiger partial charge in [0, 0.05) is 12.1 Å². The van der Waals surface area contributed by atoms with Gasteiger partial charge >= 0.3 is 0 Å². The number of hydrogen-bond acceptors (Lipinski definition) is 3. The fraction of sp³-hybridized carbons (Fsp3) is 0.941. The van der Waals surface area contributed by atoms with Crippen LogP contribution in [0, 0.1) is 5.92 Å². The predicted octanol–water partition coefficient (Wildman–Crippen LogP) is 2.27. The molecule has 0 saturated heterocycles. The van der Waals surface area contributed by atoms with Gasteiger partial charge in [-0.1, -0.05) is 13.8 Å². The van der Waals surface area contributed by atoms with Crippen LogP contribution in [0.15, 0.2) is 0 Å². The van der Waals surface area contributed by atoms with E-state index in [1.165, 1.54) is 38.6 Å². The minimum absolute atomic E-state index is 0.199. The lowest BCUT2D eigenvalue weighted by Crippen LogP contribution is -2.54. The van der Waals surface area contributed by atoms with Crippen molar-refractivity contribution in [1.82, 2.24) is 10.2 Å². The lowest BCUT2D eigenvalue weighted by molar-refractivity contribution is -0.124. The molecule has 4 heteroatoms. The van der Waals surface area contributed by atoms with Crippen LogP contribution in [0.4, 0.5) is 0 Å². The van der Waals surface area contributed by atoms with E-state index >= 15 is 0 Å². The van der Waals surface area contributed by atoms with Crippen LogP contribution in [0.3, 0.4) is 0 Å². The molecule has 0 radical (unpaired) electrons. The molecule has 21 heavy (non-hydrogen) atoms. The van der Waals surface area contributed by atoms with Crippen molar-refractivity contribution in [3.05, 3.63) is 0 Å². The third kappa shape index (κ3) is 5.59. The summed E-state index contributed by atoms with van der Waals surface area (Å²) in [6.45, 7) is 8.85. The fourth-order valence-electron chi connectivity index (χ4n) is 2.92. The van der Waals surface area contributed by atoms with E-state index in [1.807, 2.05) is 6.92 Å². The topological polar surface area (TPSA) is 58.4 Å². The Morgan fingerprint density at radius 3 is 2.43 bits per heavy atom. The number of nitrogens with one attached hydrogen (secondary N) is 1. The van der Waals surface area contributed by atoms with Crippen LogP contribution in [0.5, 0.6) is 0 Å². The Labute approximate surface area is 129 Å². The van der Waals surface area contributed by atoms with Gasteiger partial charge in [0.2, 0.25) is 5.91 Å². The Morgan fingerprint density at radius 1 is 1.29 bits per heavy atom. The van der Waals surface area contributed by atoms with Crippen molar-refractivity contribution in [2.24, 2.45) is 11.7 Å². The average molecular weight is 295 g/mol. The second kappa shape index (κ2) is 7.10. The van der Waals surface area contributed by atoms with E-state index in [2.05, 4.69) is 24.1 Å². The molecule has 2 aliphatic rings. The Kier molecular flexibility index (Phi) is 5.67. The molecule has 2 saturated carbocycles. The highest BCUT2D eigenvalue weighted by molar-refractivity contribution is 5.84. The molecule has 0 aliphatic heterocycles. The van der Waals surface area contributed by atoms with Gasteiger partial charge in [0.05, 0.1) is 5.54 Å². The molecule has 0 spiro atoms. The molecular formula is C17H33N3O. The minimum atomic E-state index is -0.519. The summed E-state index contributed by atoms with van der Waals surface area (Å²) in [6, 6.07) is 1.32. The van der Waals surface area contributed by atoms with Gasteiger partial charge in [0.1, 0.15) is 0 Å². The van der Waals surface area contributed by atoms with Crippen molar-refractivity contribution < 1.29 is 4.79 Å².